The molecule has 0 saturated heterocycles. The number of benzene rings is 1. The van der Waals surface area contributed by atoms with Gasteiger partial charge in [-0.1, -0.05) is 19.9 Å². The van der Waals surface area contributed by atoms with Gasteiger partial charge in [0.2, 0.25) is 0 Å². The van der Waals surface area contributed by atoms with Gasteiger partial charge in [-0.3, -0.25) is 0 Å². The molecule has 2 aromatic rings. The minimum absolute atomic E-state index is 0.205. The lowest BCUT2D eigenvalue weighted by atomic mass is 10.3. The Bertz CT molecular complexity index is 537. The van der Waals surface area contributed by atoms with Crippen LogP contribution in [-0.2, 0) is 6.54 Å². The molecule has 96 valence electrons. The average molecular weight is 359 g/mol. The molecule has 0 atom stereocenters. The highest BCUT2D eigenvalue weighted by Gasteiger charge is 2.08. The Morgan fingerprint density at radius 2 is 2.22 bits per heavy atom. The summed E-state index contributed by atoms with van der Waals surface area (Å²) in [6, 6.07) is 5.47. The summed E-state index contributed by atoms with van der Waals surface area (Å²) in [5, 5.41) is 3.30. The van der Waals surface area contributed by atoms with E-state index in [9.17, 15) is 4.39 Å². The van der Waals surface area contributed by atoms with E-state index < -0.39 is 0 Å². The van der Waals surface area contributed by atoms with Crippen molar-refractivity contribution < 1.29 is 4.39 Å². The van der Waals surface area contributed by atoms with Crippen molar-refractivity contribution >= 4 is 22.6 Å². The molecule has 0 unspecified atom stereocenters. The van der Waals surface area contributed by atoms with Crippen LogP contribution in [0.15, 0.2) is 30.7 Å². The van der Waals surface area contributed by atoms with Gasteiger partial charge in [0.1, 0.15) is 5.82 Å². The van der Waals surface area contributed by atoms with E-state index in [1.54, 1.807) is 12.4 Å². The summed E-state index contributed by atoms with van der Waals surface area (Å²) >= 11 is 2.01. The van der Waals surface area contributed by atoms with Crippen molar-refractivity contribution in [2.75, 3.05) is 0 Å². The number of imidazole rings is 1. The summed E-state index contributed by atoms with van der Waals surface area (Å²) in [6.45, 7) is 4.90. The van der Waals surface area contributed by atoms with Crippen LogP contribution in [0.5, 0.6) is 0 Å². The van der Waals surface area contributed by atoms with Crippen LogP contribution in [0.2, 0.25) is 0 Å². The van der Waals surface area contributed by atoms with Gasteiger partial charge in [-0.15, -0.1) is 0 Å². The van der Waals surface area contributed by atoms with E-state index in [0.717, 1.165) is 17.9 Å². The number of nitrogens with one attached hydrogen (secondary N) is 1. The van der Waals surface area contributed by atoms with Crippen molar-refractivity contribution in [1.29, 1.82) is 0 Å². The molecule has 0 fully saturated rings. The smallest absolute Gasteiger partial charge is 0.138 e. The molecule has 0 amide bonds. The lowest BCUT2D eigenvalue weighted by Crippen LogP contribution is -2.21. The fourth-order valence-electron chi connectivity index (χ4n) is 1.59. The molecular formula is C13H15FIN3. The van der Waals surface area contributed by atoms with Crippen molar-refractivity contribution in [3.8, 4) is 5.69 Å². The molecule has 3 nitrogen and oxygen atoms in total. The number of hydrogen-bond donors (Lipinski definition) is 1. The van der Waals surface area contributed by atoms with Crippen LogP contribution >= 0.6 is 22.6 Å². The Kier molecular flexibility index (Phi) is 4.34. The average Bonchev–Trinajstić information content (AvgIpc) is 2.78. The maximum absolute atomic E-state index is 13.5. The highest BCUT2D eigenvalue weighted by Crippen LogP contribution is 2.20. The largest absolute Gasteiger partial charge is 0.309 e. The molecule has 1 N–H and O–H groups in total. The molecule has 0 aliphatic rings. The van der Waals surface area contributed by atoms with Crippen molar-refractivity contribution in [3.63, 3.8) is 0 Å². The second-order valence-electron chi connectivity index (χ2n) is 4.38. The van der Waals surface area contributed by atoms with Gasteiger partial charge in [0.25, 0.3) is 0 Å². The molecular weight excluding hydrogens is 344 g/mol. The SMILES string of the molecule is CC(C)NCc1cn(-c2cccc(F)c2I)cn1. The van der Waals surface area contributed by atoms with Gasteiger partial charge in [-0.05, 0) is 34.7 Å². The lowest BCUT2D eigenvalue weighted by Gasteiger charge is -2.06. The van der Waals surface area contributed by atoms with E-state index in [0.29, 0.717) is 9.61 Å². The zero-order valence-electron chi connectivity index (χ0n) is 10.3. The Morgan fingerprint density at radius 1 is 1.44 bits per heavy atom. The fourth-order valence-corrected chi connectivity index (χ4v) is 2.23. The minimum Gasteiger partial charge on any atom is -0.309 e. The molecule has 18 heavy (non-hydrogen) atoms. The molecule has 0 radical (unpaired) electrons. The summed E-state index contributed by atoms with van der Waals surface area (Å²) in [5.74, 6) is -0.205. The highest BCUT2D eigenvalue weighted by molar-refractivity contribution is 14.1. The molecule has 5 heteroatoms. The normalized spacial score (nSPS) is 11.2. The van der Waals surface area contributed by atoms with Gasteiger partial charge < -0.3 is 9.88 Å². The summed E-state index contributed by atoms with van der Waals surface area (Å²) in [4.78, 5) is 4.31. The minimum atomic E-state index is -0.205. The molecule has 0 saturated carbocycles. The Morgan fingerprint density at radius 3 is 2.94 bits per heavy atom. The molecule has 0 aliphatic carbocycles. The van der Waals surface area contributed by atoms with Gasteiger partial charge in [-0.25, -0.2) is 9.37 Å². The first-order valence-electron chi connectivity index (χ1n) is 5.78. The molecule has 0 bridgehead atoms. The third-order valence-corrected chi connectivity index (χ3v) is 3.60. The van der Waals surface area contributed by atoms with Gasteiger partial charge in [-0.2, -0.15) is 0 Å². The lowest BCUT2D eigenvalue weighted by molar-refractivity contribution is 0.582. The topological polar surface area (TPSA) is 29.9 Å². The Labute approximate surface area is 120 Å². The molecule has 0 aliphatic heterocycles. The fraction of sp³-hybridized carbons (Fsp3) is 0.308. The Hall–Kier alpha value is -0.950. The van der Waals surface area contributed by atoms with E-state index >= 15 is 0 Å². The number of halogens is 2. The first kappa shape index (κ1) is 13.5. The third kappa shape index (κ3) is 3.08. The monoisotopic (exact) mass is 359 g/mol. The molecule has 1 heterocycles. The molecule has 1 aromatic heterocycles. The van der Waals surface area contributed by atoms with Crippen LogP contribution in [0.1, 0.15) is 19.5 Å². The van der Waals surface area contributed by atoms with E-state index in [2.05, 4.69) is 24.1 Å². The van der Waals surface area contributed by atoms with E-state index in [4.69, 9.17) is 0 Å². The summed E-state index contributed by atoms with van der Waals surface area (Å²) in [5.41, 5.74) is 1.77. The summed E-state index contributed by atoms with van der Waals surface area (Å²) in [6.07, 6.45) is 3.64. The van der Waals surface area contributed by atoms with Crippen molar-refractivity contribution in [2.24, 2.45) is 0 Å². The molecule has 0 spiro atoms. The summed E-state index contributed by atoms with van der Waals surface area (Å²) < 4.78 is 15.9. The summed E-state index contributed by atoms with van der Waals surface area (Å²) in [7, 11) is 0. The number of aromatic nitrogens is 2. The van der Waals surface area contributed by atoms with Crippen molar-refractivity contribution in [1.82, 2.24) is 14.9 Å². The van der Waals surface area contributed by atoms with E-state index in [1.807, 2.05) is 39.4 Å². The standard InChI is InChI=1S/C13H15FIN3/c1-9(2)16-6-10-7-18(8-17-10)12-5-3-4-11(14)13(12)15/h3-5,7-9,16H,6H2,1-2H3. The van der Waals surface area contributed by atoms with Gasteiger partial charge >= 0.3 is 0 Å². The van der Waals surface area contributed by atoms with Crippen LogP contribution in [-0.4, -0.2) is 15.6 Å². The van der Waals surface area contributed by atoms with Crippen LogP contribution in [0.4, 0.5) is 4.39 Å². The number of nitrogens with zero attached hydrogens (tertiary/aromatic N) is 2. The first-order chi connectivity index (χ1) is 8.58. The van der Waals surface area contributed by atoms with Crippen LogP contribution < -0.4 is 5.32 Å². The van der Waals surface area contributed by atoms with Crippen LogP contribution in [0, 0.1) is 9.39 Å². The Balaban J connectivity index is 2.21. The third-order valence-electron chi connectivity index (χ3n) is 2.54. The number of rotatable bonds is 4. The second kappa shape index (κ2) is 5.79. The van der Waals surface area contributed by atoms with Crippen molar-refractivity contribution in [3.05, 3.63) is 45.8 Å². The van der Waals surface area contributed by atoms with E-state index in [-0.39, 0.29) is 5.82 Å². The van der Waals surface area contributed by atoms with Crippen LogP contribution in [0.3, 0.4) is 0 Å². The zero-order chi connectivity index (χ0) is 13.1. The predicted molar refractivity (Wildman–Crippen MR) is 78.2 cm³/mol. The predicted octanol–water partition coefficient (Wildman–Crippen LogP) is 3.11. The van der Waals surface area contributed by atoms with Crippen LogP contribution in [0.25, 0.3) is 5.69 Å². The zero-order valence-corrected chi connectivity index (χ0v) is 12.5. The van der Waals surface area contributed by atoms with Gasteiger partial charge in [0.15, 0.2) is 0 Å². The second-order valence-corrected chi connectivity index (χ2v) is 5.46. The van der Waals surface area contributed by atoms with Gasteiger partial charge in [0.05, 0.1) is 21.3 Å². The van der Waals surface area contributed by atoms with E-state index in [1.165, 1.54) is 6.07 Å². The highest BCUT2D eigenvalue weighted by atomic mass is 127. The van der Waals surface area contributed by atoms with Gasteiger partial charge in [0, 0.05) is 18.8 Å². The molecule has 1 aromatic carbocycles. The first-order valence-corrected chi connectivity index (χ1v) is 6.86. The van der Waals surface area contributed by atoms with Crippen molar-refractivity contribution in [2.45, 2.75) is 26.4 Å². The quantitative estimate of drug-likeness (QED) is 0.851. The molecule has 2 rings (SSSR count). The maximum Gasteiger partial charge on any atom is 0.138 e. The maximum atomic E-state index is 13.5. The number of hydrogen-bond acceptors (Lipinski definition) is 2.